The Bertz CT molecular complexity index is 6500. The van der Waals surface area contributed by atoms with Gasteiger partial charge in [0.15, 0.2) is 5.56 Å². The van der Waals surface area contributed by atoms with Crippen molar-refractivity contribution in [1.29, 1.82) is 0 Å². The zero-order chi connectivity index (χ0) is 98.9. The molecule has 1 saturated heterocycles. The molecule has 6 aromatic carbocycles. The SMILES string of the molecule is C.C.C.CC(Cl)OC(=O)Cl.CC(O)(CN1CCc2nc(-c3ccccc3)ccc2C1)Cn1cc([N+](=O)[O-])nc1Cl.CC1(CN2CCc3nc(-c4ccccc4)ccc3C2)Cn2cc([N+](=O)[O-])nc2O1.CC1(Cn2cc([N+](=O)[O-])nc2Cl)CO1.Clc1ccc2c(n1)CCN(Cc1ccccc1)C2.[2H]CF.[H-].[Na+].c1ccc(-c2ccc3c(n2)CCNC3)cc1.c1ccc(CN2CCc3nc(-c4ccccc4)ccc3C2)cc1. The van der Waals surface area contributed by atoms with Crippen LogP contribution in [-0.4, -0.2) is 180 Å². The van der Waals surface area contributed by atoms with Gasteiger partial charge in [-0.05, 0) is 145 Å². The van der Waals surface area contributed by atoms with E-state index in [1.54, 1.807) is 11.5 Å². The number of epoxide rings is 1. The van der Waals surface area contributed by atoms with E-state index in [2.05, 4.69) is 219 Å². The van der Waals surface area contributed by atoms with Crippen molar-refractivity contribution in [3.63, 3.8) is 0 Å². The number of nitrogens with one attached hydrogen (secondary N) is 1. The second-order valence-electron chi connectivity index (χ2n) is 35.1. The number of nitrogens with zero attached hydrogens (tertiary/aromatic N) is 18. The molecular formula is C106H120Cl5FN19NaO11. The summed E-state index contributed by atoms with van der Waals surface area (Å²) in [7, 11) is -1.00. The Hall–Kier alpha value is -11.7. The van der Waals surface area contributed by atoms with E-state index in [0.717, 1.165) is 167 Å². The average molecular weight is 2060 g/mol. The van der Waals surface area contributed by atoms with Crippen LogP contribution in [0.2, 0.25) is 15.7 Å². The first-order valence-corrected chi connectivity index (χ1v) is 47.3. The fourth-order valence-electron chi connectivity index (χ4n) is 17.1. The molecule has 143 heavy (non-hydrogen) atoms. The van der Waals surface area contributed by atoms with E-state index in [1.807, 2.05) is 86.6 Å². The van der Waals surface area contributed by atoms with E-state index in [-0.39, 0.29) is 93.4 Å². The van der Waals surface area contributed by atoms with E-state index in [9.17, 15) is 44.6 Å². The van der Waals surface area contributed by atoms with Crippen LogP contribution < -0.4 is 39.6 Å². The molecule has 4 atom stereocenters. The average Bonchev–Trinajstić information content (AvgIpc) is 1.55. The molecule has 0 amide bonds. The smallest absolute Gasteiger partial charge is 1.00 e. The second kappa shape index (κ2) is 53.7. The monoisotopic (exact) mass is 2050 g/mol. The van der Waals surface area contributed by atoms with Crippen molar-refractivity contribution < 1.29 is 75.6 Å². The number of aromatic nitrogens is 11. The maximum absolute atomic E-state index is 10.9. The molecule has 0 radical (unpaired) electrons. The van der Waals surface area contributed by atoms with E-state index in [0.29, 0.717) is 43.9 Å². The minimum absolute atomic E-state index is 0. The Morgan fingerprint density at radius 3 is 1.25 bits per heavy atom. The fraction of sp³-hybridized carbons (Fsp3) is 0.330. The van der Waals surface area contributed by atoms with Crippen LogP contribution in [0.4, 0.5) is 26.6 Å². The first-order chi connectivity index (χ1) is 67.5. The zero-order valence-electron chi connectivity index (χ0n) is 80.2. The molecule has 7 aliphatic heterocycles. The van der Waals surface area contributed by atoms with Gasteiger partial charge in [-0.15, -0.1) is 0 Å². The van der Waals surface area contributed by atoms with Gasteiger partial charge in [0.25, 0.3) is 0 Å². The number of hydrogen-bond acceptors (Lipinski definition) is 24. The van der Waals surface area contributed by atoms with Crippen molar-refractivity contribution in [2.24, 2.45) is 0 Å². The summed E-state index contributed by atoms with van der Waals surface area (Å²) in [6, 6.07) is 83.8. The van der Waals surface area contributed by atoms with Gasteiger partial charge in [0, 0.05) is 191 Å². The third-order valence-electron chi connectivity index (χ3n) is 23.8. The number of fused-ring (bicyclic) bond motifs is 6. The molecule has 21 rings (SSSR count). The molecule has 8 aromatic heterocycles. The topological polar surface area (TPSA) is 341 Å². The quantitative estimate of drug-likeness (QED) is 0.0136. The zero-order valence-corrected chi connectivity index (χ0v) is 84.0. The van der Waals surface area contributed by atoms with E-state index < -0.39 is 44.1 Å². The molecule has 0 aliphatic carbocycles. The van der Waals surface area contributed by atoms with Gasteiger partial charge in [0.2, 0.25) is 0 Å². The Morgan fingerprint density at radius 2 is 0.860 bits per heavy atom. The van der Waals surface area contributed by atoms with Crippen molar-refractivity contribution in [1.82, 2.24) is 78.5 Å². The van der Waals surface area contributed by atoms with E-state index >= 15 is 0 Å². The summed E-state index contributed by atoms with van der Waals surface area (Å²) in [6.45, 7) is 21.3. The number of hydrogen-bond donors (Lipinski definition) is 2. The Morgan fingerprint density at radius 1 is 0.503 bits per heavy atom. The summed E-state index contributed by atoms with van der Waals surface area (Å²) < 4.78 is 35.4. The number of rotatable bonds is 20. The Balaban J connectivity index is 0.000000192. The Labute approximate surface area is 883 Å². The number of halogens is 6. The molecular weight excluding hydrogens is 1930 g/mol. The molecule has 7 aliphatic rings. The maximum Gasteiger partial charge on any atom is 1.00 e. The molecule has 2 N–H and O–H groups in total. The van der Waals surface area contributed by atoms with Gasteiger partial charge < -0.3 is 56.4 Å². The van der Waals surface area contributed by atoms with Crippen LogP contribution in [-0.2, 0) is 107 Å². The van der Waals surface area contributed by atoms with Crippen LogP contribution in [0.25, 0.3) is 45.0 Å². The minimum atomic E-state index is -1.13. The van der Waals surface area contributed by atoms with Gasteiger partial charge in [0.1, 0.15) is 34.9 Å². The molecule has 0 spiro atoms. The number of benzene rings is 6. The number of ether oxygens (including phenoxy) is 3. The number of β-amino-alcohol motifs (C(OH)–C–C–N with tert-alkyl or cyclic N) is 1. The number of carbonyl (C=O) groups excluding carboxylic acids is 1. The molecule has 37 heteroatoms. The number of carbonyl (C=O) groups is 1. The number of aliphatic hydroxyl groups is 1. The standard InChI is InChI=1S/C21H22ClN5O3.C21H21N5O3.C21H20N2.C15H15ClN2.C14H14N2.C7H8ClN3O3.C3H4Cl2O2.CH3F.3CH4.Na.H/c1-21(28,14-26-12-19(27(29)30)24-20(26)22)13-25-10-9-18-16(11-25)7-8-17(23-18)15-5-3-2-4-6-15;1-21(14-25-12-19(26(27)28)23-20(25)29-21)13-24-10-9-18-16(11-24)7-8-17(22-18)15-5-3-2-4-6-15;1-3-7-17(8-4-1)15-23-14-13-21-19(16-23)11-12-20(22-21)18-9-5-2-6-10-18;16-15-7-6-13-11-18(9-8-14(13)17-15)10-12-4-2-1-3-5-12;1-2-4-11(5-3-1)13-7-6-12-10-15-9-8-14(12)16-13;1-7(4-14-7)3-10-2-5(11(12)13)9-6(10)8;1-2(4)7-3(5)6;1-2;;;;;/h2-8,12,28H,9-11,13-14H2,1H3;2-8,12H,9-11,13-14H2,1H3;1-12H,13-16H2;1-7H,8-11H2;1-7,15H,8-10H2;2H,3-4H2,1H3;2H,1H3;1H3;3*1H4;;/q;;;;;;;;;;;+1;-1/i;;;;;;;1D;;;;;. The van der Waals surface area contributed by atoms with Crippen LogP contribution in [0.5, 0.6) is 6.01 Å². The predicted molar refractivity (Wildman–Crippen MR) is 556 cm³/mol. The predicted octanol–water partition coefficient (Wildman–Crippen LogP) is 19.2. The third kappa shape index (κ3) is 32.9. The first kappa shape index (κ1) is 112. The number of alkyl halides is 2. The van der Waals surface area contributed by atoms with E-state index in [1.165, 1.54) is 90.5 Å². The van der Waals surface area contributed by atoms with Gasteiger partial charge in [-0.2, -0.15) is 0 Å². The van der Waals surface area contributed by atoms with Crippen LogP contribution >= 0.6 is 58.0 Å². The van der Waals surface area contributed by atoms with Crippen molar-refractivity contribution >= 4 is 80.9 Å². The van der Waals surface area contributed by atoms with Crippen molar-refractivity contribution in [2.45, 2.75) is 170 Å². The third-order valence-corrected chi connectivity index (χ3v) is 24.8. The number of nitro groups is 3. The molecule has 0 bridgehead atoms. The molecule has 15 heterocycles. The van der Waals surface area contributed by atoms with Crippen LogP contribution in [0.3, 0.4) is 0 Å². The summed E-state index contributed by atoms with van der Waals surface area (Å²) >= 11 is 27.5. The van der Waals surface area contributed by atoms with Crippen molar-refractivity contribution in [2.75, 3.05) is 59.6 Å². The number of pyridine rings is 5. The van der Waals surface area contributed by atoms with Gasteiger partial charge in [-0.1, -0.05) is 258 Å². The number of imidazole rings is 3. The van der Waals surface area contributed by atoms with Crippen molar-refractivity contribution in [3.8, 4) is 51.0 Å². The summed E-state index contributed by atoms with van der Waals surface area (Å²) in [4.78, 5) is 84.7. The van der Waals surface area contributed by atoms with Crippen LogP contribution in [0.1, 0.15) is 120 Å². The van der Waals surface area contributed by atoms with E-state index in [4.69, 9.17) is 88.8 Å². The summed E-state index contributed by atoms with van der Waals surface area (Å²) in [5, 5.41) is 47.1. The normalized spacial score (nSPS) is 16.7. The molecule has 1 fully saturated rings. The summed E-state index contributed by atoms with van der Waals surface area (Å²) in [6.07, 6.45) is 8.75. The van der Waals surface area contributed by atoms with Crippen LogP contribution in [0.15, 0.2) is 261 Å². The van der Waals surface area contributed by atoms with Crippen LogP contribution in [0, 0.1) is 30.3 Å². The Kier molecular flexibility index (Phi) is 41.9. The molecule has 4 unspecified atom stereocenters. The second-order valence-corrected chi connectivity index (χ2v) is 37.1. The van der Waals surface area contributed by atoms with Gasteiger partial charge >= 0.3 is 69.0 Å². The van der Waals surface area contributed by atoms with Crippen molar-refractivity contribution in [3.05, 3.63) is 375 Å². The maximum atomic E-state index is 10.9. The molecule has 748 valence electrons. The summed E-state index contributed by atoms with van der Waals surface area (Å²) in [5.41, 5.74) is 20.5. The molecule has 0 saturated carbocycles. The first-order valence-electron chi connectivity index (χ1n) is 46.0. The van der Waals surface area contributed by atoms with Gasteiger partial charge in [-0.3, -0.25) is 57.6 Å². The van der Waals surface area contributed by atoms with Gasteiger partial charge in [-0.25, -0.2) is 9.78 Å². The largest absolute Gasteiger partial charge is 1.00 e. The minimum Gasteiger partial charge on any atom is -1.00 e. The molecule has 14 aromatic rings. The molecule has 30 nitrogen and oxygen atoms in total. The summed E-state index contributed by atoms with van der Waals surface area (Å²) in [5.74, 6) is -0.739. The fourth-order valence-corrected chi connectivity index (χ4v) is 17.9. The van der Waals surface area contributed by atoms with Gasteiger partial charge in [0.05, 0.1) is 63.1 Å².